The van der Waals surface area contributed by atoms with E-state index in [1.807, 2.05) is 0 Å². The third-order valence-electron chi connectivity index (χ3n) is 5.61. The summed E-state index contributed by atoms with van der Waals surface area (Å²) in [6, 6.07) is 12.6. The summed E-state index contributed by atoms with van der Waals surface area (Å²) in [6.45, 7) is 0. The highest BCUT2D eigenvalue weighted by Crippen LogP contribution is 2.39. The van der Waals surface area contributed by atoms with Crippen LogP contribution < -0.4 is 28.4 Å². The molecule has 0 saturated carbocycles. The molecular weight excluding hydrogens is 530 g/mol. The zero-order valence-corrected chi connectivity index (χ0v) is 22.5. The molecule has 0 radical (unpaired) electrons. The first-order valence-electron chi connectivity index (χ1n) is 11.4. The molecule has 1 heterocycles. The van der Waals surface area contributed by atoms with Gasteiger partial charge in [0, 0.05) is 5.02 Å². The number of methoxy groups -OCH3 is 5. The van der Waals surface area contributed by atoms with Gasteiger partial charge in [0.05, 0.1) is 46.7 Å². The van der Waals surface area contributed by atoms with Crippen molar-refractivity contribution in [1.29, 1.82) is 0 Å². The van der Waals surface area contributed by atoms with Crippen molar-refractivity contribution in [3.63, 3.8) is 0 Å². The summed E-state index contributed by atoms with van der Waals surface area (Å²) in [5.41, 5.74) is 1.21. The fourth-order valence-electron chi connectivity index (χ4n) is 3.75. The van der Waals surface area contributed by atoms with Crippen molar-refractivity contribution in [1.82, 2.24) is 0 Å². The molecule has 0 saturated heterocycles. The highest BCUT2D eigenvalue weighted by molar-refractivity contribution is 6.31. The Labute approximate surface area is 229 Å². The number of cyclic esters (lactones) is 1. The van der Waals surface area contributed by atoms with Crippen molar-refractivity contribution in [3.05, 3.63) is 75.9 Å². The van der Waals surface area contributed by atoms with Gasteiger partial charge in [-0.1, -0.05) is 17.7 Å². The van der Waals surface area contributed by atoms with E-state index in [1.165, 1.54) is 59.8 Å². The maximum Gasteiger partial charge on any atom is 0.363 e. The Bertz CT molecular complexity index is 1470. The number of ether oxygens (including phenoxy) is 7. The van der Waals surface area contributed by atoms with Gasteiger partial charge in [0.2, 0.25) is 11.6 Å². The van der Waals surface area contributed by atoms with Crippen LogP contribution in [0, 0.1) is 0 Å². The smallest absolute Gasteiger partial charge is 0.363 e. The van der Waals surface area contributed by atoms with Crippen molar-refractivity contribution in [2.45, 2.75) is 0 Å². The third-order valence-corrected chi connectivity index (χ3v) is 5.84. The summed E-state index contributed by atoms with van der Waals surface area (Å²) >= 11 is 6.09. The Morgan fingerprint density at radius 1 is 0.795 bits per heavy atom. The lowest BCUT2D eigenvalue weighted by Gasteiger charge is -2.14. The van der Waals surface area contributed by atoms with E-state index in [4.69, 9.17) is 44.8 Å². The first-order chi connectivity index (χ1) is 18.8. The number of aliphatic imine (C=N–C) groups is 1. The highest BCUT2D eigenvalue weighted by Gasteiger charge is 2.27. The molecular formula is C28H24ClNO9. The molecule has 39 heavy (non-hydrogen) atoms. The van der Waals surface area contributed by atoms with Gasteiger partial charge < -0.3 is 33.2 Å². The van der Waals surface area contributed by atoms with Gasteiger partial charge >= 0.3 is 11.9 Å². The van der Waals surface area contributed by atoms with Crippen molar-refractivity contribution in [2.24, 2.45) is 4.99 Å². The zero-order valence-electron chi connectivity index (χ0n) is 21.7. The molecule has 0 aliphatic carbocycles. The number of benzene rings is 3. The minimum Gasteiger partial charge on any atom is -0.496 e. The lowest BCUT2D eigenvalue weighted by molar-refractivity contribution is -0.129. The minimum atomic E-state index is -0.678. The fourth-order valence-corrected chi connectivity index (χ4v) is 3.92. The minimum absolute atomic E-state index is 0.0521. The molecule has 11 heteroatoms. The summed E-state index contributed by atoms with van der Waals surface area (Å²) in [5, 5.41) is 0.434. The summed E-state index contributed by atoms with van der Waals surface area (Å²) in [4.78, 5) is 29.7. The Balaban J connectivity index is 1.60. The molecule has 0 unspecified atom stereocenters. The van der Waals surface area contributed by atoms with Gasteiger partial charge in [0.15, 0.2) is 28.7 Å². The topological polar surface area (TPSA) is 111 Å². The lowest BCUT2D eigenvalue weighted by Crippen LogP contribution is -2.10. The Hall–Kier alpha value is -4.70. The molecule has 1 aliphatic heterocycles. The normalized spacial score (nSPS) is 13.4. The second-order valence-electron chi connectivity index (χ2n) is 7.89. The number of esters is 2. The van der Waals surface area contributed by atoms with Crippen LogP contribution in [-0.4, -0.2) is 53.4 Å². The molecule has 0 aromatic heterocycles. The van der Waals surface area contributed by atoms with Crippen LogP contribution in [0.2, 0.25) is 5.02 Å². The number of rotatable bonds is 9. The molecule has 0 spiro atoms. The molecule has 3 aromatic carbocycles. The molecule has 0 bridgehead atoms. The van der Waals surface area contributed by atoms with Crippen LogP contribution in [0.1, 0.15) is 21.5 Å². The van der Waals surface area contributed by atoms with Crippen LogP contribution in [0.4, 0.5) is 0 Å². The summed E-state index contributed by atoms with van der Waals surface area (Å²) in [7, 11) is 7.27. The first kappa shape index (κ1) is 27.3. The van der Waals surface area contributed by atoms with Crippen molar-refractivity contribution < 1.29 is 42.7 Å². The van der Waals surface area contributed by atoms with E-state index in [2.05, 4.69) is 4.99 Å². The quantitative estimate of drug-likeness (QED) is 0.206. The van der Waals surface area contributed by atoms with E-state index < -0.39 is 11.9 Å². The number of nitrogens with zero attached hydrogens (tertiary/aromatic N) is 1. The second kappa shape index (κ2) is 11.8. The Kier molecular flexibility index (Phi) is 8.26. The van der Waals surface area contributed by atoms with Gasteiger partial charge in [0.1, 0.15) is 5.75 Å². The van der Waals surface area contributed by atoms with Gasteiger partial charge in [-0.3, -0.25) is 0 Å². The summed E-state index contributed by atoms with van der Waals surface area (Å²) in [5.74, 6) is 0.536. The standard InChI is InChI=1S/C28H24ClNO9/c1-33-20-9-7-17(29)14-18(20)26-30-19(28(32)39-26)10-15-6-8-21(22(11-15)34-2)38-27(31)16-12-23(35-3)25(37-5)24(13-16)36-4/h6-14H,1-5H3/b19-10-. The second-order valence-corrected chi connectivity index (χ2v) is 8.33. The average molecular weight is 554 g/mol. The van der Waals surface area contributed by atoms with E-state index in [0.29, 0.717) is 39.1 Å². The molecule has 202 valence electrons. The SMILES string of the molecule is COc1cc(/C=C2\N=C(c3cc(Cl)ccc3OC)OC2=O)ccc1OC(=O)c1cc(OC)c(OC)c(OC)c1. The first-order valence-corrected chi connectivity index (χ1v) is 11.8. The summed E-state index contributed by atoms with van der Waals surface area (Å²) in [6.07, 6.45) is 1.51. The van der Waals surface area contributed by atoms with E-state index in [9.17, 15) is 9.59 Å². The van der Waals surface area contributed by atoms with E-state index >= 15 is 0 Å². The fraction of sp³-hybridized carbons (Fsp3) is 0.179. The van der Waals surface area contributed by atoms with Crippen molar-refractivity contribution in [2.75, 3.05) is 35.5 Å². The van der Waals surface area contributed by atoms with E-state index in [-0.39, 0.29) is 28.7 Å². The van der Waals surface area contributed by atoms with Crippen LogP contribution in [0.15, 0.2) is 59.2 Å². The molecule has 1 aliphatic rings. The van der Waals surface area contributed by atoms with Crippen LogP contribution in [0.3, 0.4) is 0 Å². The van der Waals surface area contributed by atoms with E-state index in [0.717, 1.165) is 0 Å². The molecule has 4 rings (SSSR count). The summed E-state index contributed by atoms with van der Waals surface area (Å²) < 4.78 is 37.5. The molecule has 0 N–H and O–H groups in total. The van der Waals surface area contributed by atoms with Gasteiger partial charge in [-0.25, -0.2) is 14.6 Å². The van der Waals surface area contributed by atoms with Crippen LogP contribution >= 0.6 is 11.6 Å². The van der Waals surface area contributed by atoms with Gasteiger partial charge in [-0.05, 0) is 54.1 Å². The maximum atomic E-state index is 12.9. The Morgan fingerprint density at radius 2 is 1.44 bits per heavy atom. The lowest BCUT2D eigenvalue weighted by atomic mass is 10.1. The third kappa shape index (κ3) is 5.75. The molecule has 3 aromatic rings. The number of carbonyl (C=O) groups excluding carboxylic acids is 2. The largest absolute Gasteiger partial charge is 0.496 e. The number of hydrogen-bond donors (Lipinski definition) is 0. The zero-order chi connectivity index (χ0) is 28.1. The van der Waals surface area contributed by atoms with E-state index in [1.54, 1.807) is 30.3 Å². The molecule has 0 fully saturated rings. The van der Waals surface area contributed by atoms with Crippen molar-refractivity contribution in [3.8, 4) is 34.5 Å². The van der Waals surface area contributed by atoms with Crippen LogP contribution in [0.25, 0.3) is 6.08 Å². The van der Waals surface area contributed by atoms with Gasteiger partial charge in [0.25, 0.3) is 0 Å². The maximum absolute atomic E-state index is 12.9. The Morgan fingerprint density at radius 3 is 2.05 bits per heavy atom. The number of carbonyl (C=O) groups is 2. The average Bonchev–Trinajstić information content (AvgIpc) is 3.32. The van der Waals surface area contributed by atoms with Gasteiger partial charge in [-0.2, -0.15) is 0 Å². The highest BCUT2D eigenvalue weighted by atomic mass is 35.5. The van der Waals surface area contributed by atoms with Crippen LogP contribution in [-0.2, 0) is 9.53 Å². The van der Waals surface area contributed by atoms with Crippen LogP contribution in [0.5, 0.6) is 34.5 Å². The predicted octanol–water partition coefficient (Wildman–Crippen LogP) is 4.95. The number of hydrogen-bond acceptors (Lipinski definition) is 10. The molecule has 0 amide bonds. The van der Waals surface area contributed by atoms with Crippen molar-refractivity contribution >= 4 is 35.5 Å². The molecule has 10 nitrogen and oxygen atoms in total. The van der Waals surface area contributed by atoms with Gasteiger partial charge in [-0.15, -0.1) is 0 Å². The monoisotopic (exact) mass is 553 g/mol. The number of halogens is 1. The molecule has 0 atom stereocenters. The predicted molar refractivity (Wildman–Crippen MR) is 143 cm³/mol.